The van der Waals surface area contributed by atoms with Crippen molar-refractivity contribution in [2.45, 2.75) is 6.04 Å². The summed E-state index contributed by atoms with van der Waals surface area (Å²) in [6.07, 6.45) is 1.59. The molecule has 0 radical (unpaired) electrons. The fraction of sp³-hybridized carbons (Fsp3) is 0.455. The third-order valence-electron chi connectivity index (χ3n) is 2.88. The summed E-state index contributed by atoms with van der Waals surface area (Å²) in [4.78, 5) is 6.20. The topological polar surface area (TPSA) is 104 Å². The summed E-state index contributed by atoms with van der Waals surface area (Å²) >= 11 is 0. The molecule has 7 heteroatoms. The lowest BCUT2D eigenvalue weighted by atomic mass is 10.2. The zero-order chi connectivity index (χ0) is 13.0. The molecule has 1 aromatic rings. The van der Waals surface area contributed by atoms with Crippen LogP contribution in [0, 0.1) is 0 Å². The Morgan fingerprint density at radius 2 is 2.50 bits per heavy atom. The van der Waals surface area contributed by atoms with Crippen molar-refractivity contribution in [1.82, 2.24) is 4.98 Å². The molecular formula is C11H16N4O3. The minimum absolute atomic E-state index is 0.00449. The summed E-state index contributed by atoms with van der Waals surface area (Å²) in [5, 5.41) is 20.9. The predicted octanol–water partition coefficient (Wildman–Crippen LogP) is -0.626. The molecule has 1 fully saturated rings. The molecule has 2 heterocycles. The van der Waals surface area contributed by atoms with Crippen molar-refractivity contribution in [3.05, 3.63) is 23.9 Å². The van der Waals surface area contributed by atoms with Gasteiger partial charge in [-0.1, -0.05) is 5.16 Å². The van der Waals surface area contributed by atoms with Gasteiger partial charge in [0.2, 0.25) is 0 Å². The highest BCUT2D eigenvalue weighted by Gasteiger charge is 2.23. The van der Waals surface area contributed by atoms with Crippen molar-refractivity contribution in [2.75, 3.05) is 31.3 Å². The van der Waals surface area contributed by atoms with Crippen LogP contribution in [0.1, 0.15) is 5.56 Å². The maximum atomic E-state index is 9.31. The minimum atomic E-state index is -0.117. The number of morpholine rings is 1. The highest BCUT2D eigenvalue weighted by atomic mass is 16.5. The van der Waals surface area contributed by atoms with E-state index in [1.54, 1.807) is 18.3 Å². The third-order valence-corrected chi connectivity index (χ3v) is 2.88. The number of hydrogen-bond acceptors (Lipinski definition) is 6. The van der Waals surface area contributed by atoms with E-state index in [4.69, 9.17) is 15.7 Å². The van der Waals surface area contributed by atoms with Gasteiger partial charge in [-0.15, -0.1) is 0 Å². The van der Waals surface area contributed by atoms with Crippen LogP contribution in [0.2, 0.25) is 0 Å². The van der Waals surface area contributed by atoms with Gasteiger partial charge in [-0.25, -0.2) is 4.98 Å². The summed E-state index contributed by atoms with van der Waals surface area (Å²) in [6, 6.07) is 3.27. The Morgan fingerprint density at radius 3 is 3.22 bits per heavy atom. The Kier molecular flexibility index (Phi) is 3.96. The fourth-order valence-electron chi connectivity index (χ4n) is 1.90. The number of ether oxygens (including phenoxy) is 1. The van der Waals surface area contributed by atoms with Crippen LogP contribution in [-0.4, -0.2) is 53.5 Å². The average molecular weight is 252 g/mol. The summed E-state index contributed by atoms with van der Waals surface area (Å²) in [6.45, 7) is 1.70. The summed E-state index contributed by atoms with van der Waals surface area (Å²) in [5.74, 6) is 0.717. The fourth-order valence-corrected chi connectivity index (χ4v) is 1.90. The molecule has 0 aliphatic carbocycles. The lowest BCUT2D eigenvalue weighted by molar-refractivity contribution is 0.0723. The van der Waals surface area contributed by atoms with Crippen molar-refractivity contribution in [1.29, 1.82) is 0 Å². The second kappa shape index (κ2) is 5.65. The van der Waals surface area contributed by atoms with Gasteiger partial charge in [-0.05, 0) is 12.1 Å². The van der Waals surface area contributed by atoms with Crippen LogP contribution in [0.5, 0.6) is 0 Å². The van der Waals surface area contributed by atoms with Crippen LogP contribution in [0.25, 0.3) is 0 Å². The van der Waals surface area contributed by atoms with Gasteiger partial charge in [0.25, 0.3) is 0 Å². The molecule has 1 aliphatic rings. The molecule has 2 rings (SSSR count). The van der Waals surface area contributed by atoms with E-state index < -0.39 is 0 Å². The molecular weight excluding hydrogens is 236 g/mol. The molecule has 1 atom stereocenters. The standard InChI is InChI=1S/C11H16N4O3/c12-11(14-17)8-1-2-13-10(5-8)15-3-4-18-7-9(15)6-16/h1-2,5,9,16-17H,3-4,6-7H2,(H2,12,14). The van der Waals surface area contributed by atoms with Crippen molar-refractivity contribution in [3.8, 4) is 0 Å². The van der Waals surface area contributed by atoms with Crippen LogP contribution in [-0.2, 0) is 4.74 Å². The summed E-state index contributed by atoms with van der Waals surface area (Å²) in [5.41, 5.74) is 6.13. The molecule has 1 unspecified atom stereocenters. The Hall–Kier alpha value is -1.86. The molecule has 7 nitrogen and oxygen atoms in total. The first-order chi connectivity index (χ1) is 8.76. The molecule has 4 N–H and O–H groups in total. The van der Waals surface area contributed by atoms with Gasteiger partial charge in [0.15, 0.2) is 5.84 Å². The number of anilines is 1. The molecule has 0 bridgehead atoms. The van der Waals surface area contributed by atoms with Gasteiger partial charge < -0.3 is 25.7 Å². The number of aliphatic hydroxyl groups excluding tert-OH is 1. The number of oxime groups is 1. The van der Waals surface area contributed by atoms with E-state index >= 15 is 0 Å². The van der Waals surface area contributed by atoms with Crippen LogP contribution in [0.15, 0.2) is 23.5 Å². The van der Waals surface area contributed by atoms with Crippen molar-refractivity contribution in [3.63, 3.8) is 0 Å². The van der Waals surface area contributed by atoms with E-state index in [2.05, 4.69) is 10.1 Å². The Labute approximate surface area is 104 Å². The van der Waals surface area contributed by atoms with Crippen LogP contribution in [0.4, 0.5) is 5.82 Å². The first kappa shape index (κ1) is 12.6. The molecule has 1 aliphatic heterocycles. The van der Waals surface area contributed by atoms with E-state index in [0.29, 0.717) is 31.1 Å². The van der Waals surface area contributed by atoms with Crippen LogP contribution < -0.4 is 10.6 Å². The van der Waals surface area contributed by atoms with Crippen LogP contribution >= 0.6 is 0 Å². The van der Waals surface area contributed by atoms with Crippen molar-refractivity contribution >= 4 is 11.7 Å². The molecule has 1 aromatic heterocycles. The number of amidine groups is 1. The minimum Gasteiger partial charge on any atom is -0.409 e. The highest BCUT2D eigenvalue weighted by Crippen LogP contribution is 2.18. The number of aromatic nitrogens is 1. The predicted molar refractivity (Wildman–Crippen MR) is 65.8 cm³/mol. The molecule has 98 valence electrons. The zero-order valence-corrected chi connectivity index (χ0v) is 9.86. The maximum Gasteiger partial charge on any atom is 0.170 e. The molecule has 0 saturated carbocycles. The second-order valence-corrected chi connectivity index (χ2v) is 3.99. The lowest BCUT2D eigenvalue weighted by Gasteiger charge is -2.35. The van der Waals surface area contributed by atoms with E-state index in [0.717, 1.165) is 0 Å². The van der Waals surface area contributed by atoms with Gasteiger partial charge in [0, 0.05) is 18.3 Å². The quantitative estimate of drug-likeness (QED) is 0.286. The summed E-state index contributed by atoms with van der Waals surface area (Å²) < 4.78 is 5.31. The van der Waals surface area contributed by atoms with E-state index in [9.17, 15) is 5.11 Å². The highest BCUT2D eigenvalue weighted by molar-refractivity contribution is 5.97. The number of nitrogens with zero attached hydrogens (tertiary/aromatic N) is 3. The Bertz CT molecular complexity index is 438. The van der Waals surface area contributed by atoms with E-state index in [1.807, 2.05) is 4.90 Å². The van der Waals surface area contributed by atoms with Crippen molar-refractivity contribution < 1.29 is 15.1 Å². The normalized spacial score (nSPS) is 21.1. The first-order valence-corrected chi connectivity index (χ1v) is 5.65. The largest absolute Gasteiger partial charge is 0.409 e. The SMILES string of the molecule is N/C(=N/O)c1ccnc(N2CCOCC2CO)c1. The van der Waals surface area contributed by atoms with Gasteiger partial charge >= 0.3 is 0 Å². The van der Waals surface area contributed by atoms with Gasteiger partial charge in [0.05, 0.1) is 25.9 Å². The molecule has 1 saturated heterocycles. The van der Waals surface area contributed by atoms with Crippen LogP contribution in [0.3, 0.4) is 0 Å². The van der Waals surface area contributed by atoms with Crippen molar-refractivity contribution in [2.24, 2.45) is 10.9 Å². The molecule has 0 spiro atoms. The van der Waals surface area contributed by atoms with Gasteiger partial charge in [-0.2, -0.15) is 0 Å². The Morgan fingerprint density at radius 1 is 1.67 bits per heavy atom. The summed E-state index contributed by atoms with van der Waals surface area (Å²) in [7, 11) is 0. The first-order valence-electron chi connectivity index (χ1n) is 5.65. The number of nitrogens with two attached hydrogens (primary N) is 1. The zero-order valence-electron chi connectivity index (χ0n) is 9.86. The van der Waals surface area contributed by atoms with E-state index in [1.165, 1.54) is 0 Å². The monoisotopic (exact) mass is 252 g/mol. The van der Waals surface area contributed by atoms with Gasteiger partial charge in [0.1, 0.15) is 5.82 Å². The lowest BCUT2D eigenvalue weighted by Crippen LogP contribution is -2.48. The number of aliphatic hydroxyl groups is 1. The second-order valence-electron chi connectivity index (χ2n) is 3.99. The number of hydrogen-bond donors (Lipinski definition) is 3. The molecule has 0 amide bonds. The van der Waals surface area contributed by atoms with E-state index in [-0.39, 0.29) is 18.5 Å². The average Bonchev–Trinajstić information content (AvgIpc) is 2.46. The molecule has 0 aromatic carbocycles. The third kappa shape index (κ3) is 2.52. The number of pyridine rings is 1. The van der Waals surface area contributed by atoms with Gasteiger partial charge in [-0.3, -0.25) is 0 Å². The molecule has 18 heavy (non-hydrogen) atoms. The number of rotatable bonds is 3. The maximum absolute atomic E-state index is 9.31. The smallest absolute Gasteiger partial charge is 0.170 e. The Balaban J connectivity index is 2.26.